The van der Waals surface area contributed by atoms with Crippen molar-refractivity contribution < 1.29 is 35.7 Å². The summed E-state index contributed by atoms with van der Waals surface area (Å²) in [4.78, 5) is 0. The van der Waals surface area contributed by atoms with Crippen molar-refractivity contribution in [3.8, 4) is 0 Å². The molecule has 0 aromatic carbocycles. The normalized spacial score (nSPS) is 25.4. The molecule has 2 saturated heterocycles. The van der Waals surface area contributed by atoms with Crippen molar-refractivity contribution >= 4 is 0 Å². The van der Waals surface area contributed by atoms with Gasteiger partial charge in [0.25, 0.3) is 0 Å². The Hall–Kier alpha value is 0.643. The van der Waals surface area contributed by atoms with Gasteiger partial charge in [0.2, 0.25) is 0 Å². The van der Waals surface area contributed by atoms with Gasteiger partial charge in [0.1, 0.15) is 0 Å². The third-order valence-electron chi connectivity index (χ3n) is 3.73. The molecule has 0 aromatic rings. The van der Waals surface area contributed by atoms with Crippen molar-refractivity contribution in [2.75, 3.05) is 78.8 Å². The molecule has 0 aliphatic carbocycles. The third-order valence-corrected chi connectivity index (χ3v) is 3.73. The second-order valence-corrected chi connectivity index (χ2v) is 7.97. The minimum atomic E-state index is 0. The van der Waals surface area contributed by atoms with Crippen LogP contribution in [0.5, 0.6) is 0 Å². The standard InChI is InChI=1S/2C9H18N2O.Zr/c2*1-9(2)7-10-3-5-12-6-4-11-8-9;/h2*3-8H2,1-2H3;/q2*-2;+4. The quantitative estimate of drug-likeness (QED) is 0.588. The Morgan fingerprint density at radius 2 is 0.760 bits per heavy atom. The number of hydrogen-bond donors (Lipinski definition) is 0. The van der Waals surface area contributed by atoms with E-state index in [2.05, 4.69) is 49.0 Å². The van der Waals surface area contributed by atoms with Crippen LogP contribution in [0, 0.1) is 10.8 Å². The van der Waals surface area contributed by atoms with Crippen LogP contribution < -0.4 is 0 Å². The molecule has 2 rings (SSSR count). The SMILES string of the molecule is CC1(C)C[N-]CCOCC[N-]C1.CC1(C)C[N-]CCOCC[N-]C1.[Zr+4]. The molecular formula is C18H36N4O2Zr. The Morgan fingerprint density at radius 3 is 1.00 bits per heavy atom. The first kappa shape index (κ1) is 25.6. The molecule has 0 spiro atoms. The fraction of sp³-hybridized carbons (Fsp3) is 1.00. The fourth-order valence-corrected chi connectivity index (χ4v) is 2.35. The Labute approximate surface area is 174 Å². The minimum absolute atomic E-state index is 0. The summed E-state index contributed by atoms with van der Waals surface area (Å²) in [7, 11) is 0. The van der Waals surface area contributed by atoms with Gasteiger partial charge in [-0.05, 0) is 0 Å². The van der Waals surface area contributed by atoms with Crippen LogP contribution in [0.25, 0.3) is 21.3 Å². The van der Waals surface area contributed by atoms with Gasteiger partial charge in [0.05, 0.1) is 0 Å². The number of nitrogens with zero attached hydrogens (tertiary/aromatic N) is 4. The monoisotopic (exact) mass is 430 g/mol. The van der Waals surface area contributed by atoms with Crippen LogP contribution in [0.4, 0.5) is 0 Å². The van der Waals surface area contributed by atoms with Crippen LogP contribution >= 0.6 is 0 Å². The maximum absolute atomic E-state index is 5.29. The summed E-state index contributed by atoms with van der Waals surface area (Å²) in [5, 5.41) is 17.6. The van der Waals surface area contributed by atoms with E-state index in [4.69, 9.17) is 9.47 Å². The summed E-state index contributed by atoms with van der Waals surface area (Å²) in [6, 6.07) is 0. The van der Waals surface area contributed by atoms with E-state index >= 15 is 0 Å². The van der Waals surface area contributed by atoms with E-state index in [1.807, 2.05) is 0 Å². The van der Waals surface area contributed by atoms with Gasteiger partial charge in [-0.3, -0.25) is 0 Å². The van der Waals surface area contributed by atoms with Crippen LogP contribution in [0.3, 0.4) is 0 Å². The Morgan fingerprint density at radius 1 is 0.520 bits per heavy atom. The summed E-state index contributed by atoms with van der Waals surface area (Å²) in [5.41, 5.74) is 0.495. The molecule has 2 heterocycles. The van der Waals surface area contributed by atoms with Crippen LogP contribution in [0.15, 0.2) is 0 Å². The van der Waals surface area contributed by atoms with Gasteiger partial charge < -0.3 is 30.7 Å². The van der Waals surface area contributed by atoms with Gasteiger partial charge in [-0.15, -0.1) is 52.4 Å². The van der Waals surface area contributed by atoms with Crippen molar-refractivity contribution in [1.82, 2.24) is 0 Å². The topological polar surface area (TPSA) is 74.9 Å². The van der Waals surface area contributed by atoms with E-state index in [-0.39, 0.29) is 37.0 Å². The first-order valence-electron chi connectivity index (χ1n) is 9.10. The van der Waals surface area contributed by atoms with Crippen molar-refractivity contribution in [3.63, 3.8) is 0 Å². The molecule has 2 fully saturated rings. The predicted molar refractivity (Wildman–Crippen MR) is 102 cm³/mol. The Balaban J connectivity index is 0.000000443. The second kappa shape index (κ2) is 14.7. The van der Waals surface area contributed by atoms with Crippen LogP contribution in [0.2, 0.25) is 0 Å². The molecule has 0 aromatic heterocycles. The van der Waals surface area contributed by atoms with Gasteiger partial charge in [0, 0.05) is 26.4 Å². The van der Waals surface area contributed by atoms with Gasteiger partial charge in [-0.1, -0.05) is 38.5 Å². The third kappa shape index (κ3) is 15.4. The van der Waals surface area contributed by atoms with E-state index in [1.165, 1.54) is 0 Å². The number of rotatable bonds is 0. The van der Waals surface area contributed by atoms with E-state index in [0.29, 0.717) is 0 Å². The zero-order valence-corrected chi connectivity index (χ0v) is 19.0. The van der Waals surface area contributed by atoms with Crippen molar-refractivity contribution in [3.05, 3.63) is 21.3 Å². The van der Waals surface area contributed by atoms with E-state index in [9.17, 15) is 0 Å². The molecule has 144 valence electrons. The molecule has 0 atom stereocenters. The first-order valence-corrected chi connectivity index (χ1v) is 9.10. The van der Waals surface area contributed by atoms with Crippen molar-refractivity contribution in [1.29, 1.82) is 0 Å². The second-order valence-electron chi connectivity index (χ2n) is 7.97. The molecule has 7 heteroatoms. The van der Waals surface area contributed by atoms with Crippen LogP contribution in [-0.2, 0) is 35.7 Å². The average Bonchev–Trinajstić information content (AvgIpc) is 2.52. The number of hydrogen-bond acceptors (Lipinski definition) is 2. The molecule has 0 amide bonds. The fourth-order valence-electron chi connectivity index (χ4n) is 2.35. The maximum atomic E-state index is 5.29. The van der Waals surface area contributed by atoms with E-state index < -0.39 is 0 Å². The Bertz CT molecular complexity index is 263. The molecular weight excluding hydrogens is 395 g/mol. The van der Waals surface area contributed by atoms with Gasteiger partial charge in [0.15, 0.2) is 0 Å². The van der Waals surface area contributed by atoms with E-state index in [0.717, 1.165) is 78.8 Å². The van der Waals surface area contributed by atoms with E-state index in [1.54, 1.807) is 0 Å². The molecule has 2 aliphatic heterocycles. The van der Waals surface area contributed by atoms with Gasteiger partial charge in [-0.2, -0.15) is 0 Å². The summed E-state index contributed by atoms with van der Waals surface area (Å²) in [6.07, 6.45) is 0. The molecule has 0 radical (unpaired) electrons. The first-order chi connectivity index (χ1) is 11.4. The van der Waals surface area contributed by atoms with Crippen molar-refractivity contribution in [2.45, 2.75) is 27.7 Å². The molecule has 0 saturated carbocycles. The minimum Gasteiger partial charge on any atom is -0.660 e. The van der Waals surface area contributed by atoms with Crippen LogP contribution in [-0.4, -0.2) is 78.8 Å². The van der Waals surface area contributed by atoms with Gasteiger partial charge in [-0.25, -0.2) is 0 Å². The molecule has 6 nitrogen and oxygen atoms in total. The predicted octanol–water partition coefficient (Wildman–Crippen LogP) is 3.58. The zero-order valence-electron chi connectivity index (χ0n) is 16.6. The Kier molecular flexibility index (Phi) is 15.0. The largest absolute Gasteiger partial charge is 4.00 e. The maximum Gasteiger partial charge on any atom is 4.00 e. The zero-order chi connectivity index (χ0) is 17.7. The summed E-state index contributed by atoms with van der Waals surface area (Å²) in [5.74, 6) is 0. The number of ether oxygens (including phenoxy) is 2. The molecule has 2 aliphatic rings. The smallest absolute Gasteiger partial charge is 0.660 e. The molecule has 25 heavy (non-hydrogen) atoms. The summed E-state index contributed by atoms with van der Waals surface area (Å²) in [6.45, 7) is 18.8. The molecule has 0 N–H and O–H groups in total. The van der Waals surface area contributed by atoms with Crippen LogP contribution in [0.1, 0.15) is 27.7 Å². The molecule has 0 bridgehead atoms. The summed E-state index contributed by atoms with van der Waals surface area (Å²) < 4.78 is 10.6. The van der Waals surface area contributed by atoms with Gasteiger partial charge >= 0.3 is 26.2 Å². The average molecular weight is 432 g/mol. The molecule has 0 unspecified atom stereocenters. The summed E-state index contributed by atoms with van der Waals surface area (Å²) >= 11 is 0. The van der Waals surface area contributed by atoms with Crippen molar-refractivity contribution in [2.24, 2.45) is 10.8 Å².